The zero-order valence-electron chi connectivity index (χ0n) is 10.2. The first kappa shape index (κ1) is 16.0. The van der Waals surface area contributed by atoms with Crippen molar-refractivity contribution in [3.63, 3.8) is 0 Å². The van der Waals surface area contributed by atoms with Crippen molar-refractivity contribution in [2.45, 2.75) is 11.8 Å². The van der Waals surface area contributed by atoms with E-state index in [1.54, 1.807) is 6.92 Å². The lowest BCUT2D eigenvalue weighted by molar-refractivity contribution is 0.484. The fourth-order valence-electron chi connectivity index (χ4n) is 1.29. The van der Waals surface area contributed by atoms with Crippen molar-refractivity contribution in [1.82, 2.24) is 4.72 Å². The van der Waals surface area contributed by atoms with Gasteiger partial charge in [0.1, 0.15) is 4.90 Å². The Balaban J connectivity index is 2.92. The number of nitrogens with one attached hydrogen (secondary N) is 1. The third kappa shape index (κ3) is 4.22. The Hall–Kier alpha value is -1.06. The fourth-order valence-corrected chi connectivity index (χ4v) is 3.19. The average molecular weight is 312 g/mol. The quantitative estimate of drug-likeness (QED) is 0.753. The number of nitrogen functional groups attached to an aromatic ring is 1. The van der Waals surface area contributed by atoms with E-state index in [2.05, 4.69) is 4.72 Å². The molecule has 0 aliphatic rings. The van der Waals surface area contributed by atoms with Gasteiger partial charge in [0.05, 0.1) is 0 Å². The van der Waals surface area contributed by atoms with Crippen LogP contribution in [0.3, 0.4) is 0 Å². The molecule has 108 valence electrons. The summed E-state index contributed by atoms with van der Waals surface area (Å²) in [6, 6.07) is 1.53. The number of nitrogens with two attached hydrogens (primary N) is 1. The van der Waals surface area contributed by atoms with Crippen LogP contribution in [-0.2, 0) is 20.8 Å². The highest BCUT2D eigenvalue weighted by Crippen LogP contribution is 2.20. The Labute approximate surface area is 112 Å². The minimum atomic E-state index is -4.22. The molecule has 1 atom stereocenters. The smallest absolute Gasteiger partial charge is 0.243 e. The largest absolute Gasteiger partial charge is 0.399 e. The Kier molecular flexibility index (Phi) is 5.39. The monoisotopic (exact) mass is 312 g/mol. The zero-order valence-corrected chi connectivity index (χ0v) is 11.8. The van der Waals surface area contributed by atoms with Crippen molar-refractivity contribution in [3.8, 4) is 0 Å². The molecule has 1 unspecified atom stereocenters. The molecule has 9 heteroatoms. The van der Waals surface area contributed by atoms with Gasteiger partial charge in [0, 0.05) is 34.5 Å². The van der Waals surface area contributed by atoms with Crippen LogP contribution in [-0.4, -0.2) is 30.7 Å². The maximum absolute atomic E-state index is 13.4. The van der Waals surface area contributed by atoms with Crippen LogP contribution in [0.15, 0.2) is 17.0 Å². The predicted octanol–water partition coefficient (Wildman–Crippen LogP) is 0.594. The van der Waals surface area contributed by atoms with Gasteiger partial charge in [0.25, 0.3) is 0 Å². The van der Waals surface area contributed by atoms with Gasteiger partial charge in [0.2, 0.25) is 10.0 Å². The molecule has 0 saturated heterocycles. The number of hydrogen-bond donors (Lipinski definition) is 2. The number of benzene rings is 1. The Bertz CT molecular complexity index is 591. The molecule has 0 heterocycles. The first-order valence-corrected chi connectivity index (χ1v) is 8.34. The standard InChI is InChI=1S/C10H14F2N2O3S2/c1-2-18(15)4-3-14-19(16,17)9-6-7(13)5-8(11)10(9)12/h5-6,14H,2-4,13H2,1H3. The van der Waals surface area contributed by atoms with Gasteiger partial charge in [-0.15, -0.1) is 0 Å². The van der Waals surface area contributed by atoms with E-state index < -0.39 is 37.4 Å². The van der Waals surface area contributed by atoms with E-state index in [9.17, 15) is 21.4 Å². The van der Waals surface area contributed by atoms with Crippen LogP contribution in [0.2, 0.25) is 0 Å². The van der Waals surface area contributed by atoms with E-state index in [0.717, 1.165) is 6.07 Å². The molecule has 0 radical (unpaired) electrons. The Morgan fingerprint density at radius 2 is 2.00 bits per heavy atom. The number of rotatable bonds is 6. The molecule has 0 fully saturated rings. The number of anilines is 1. The maximum Gasteiger partial charge on any atom is 0.243 e. The van der Waals surface area contributed by atoms with Crippen LogP contribution in [0, 0.1) is 11.6 Å². The summed E-state index contributed by atoms with van der Waals surface area (Å²) in [5, 5.41) is 0. The summed E-state index contributed by atoms with van der Waals surface area (Å²) in [6.45, 7) is 1.57. The Morgan fingerprint density at radius 3 is 2.58 bits per heavy atom. The van der Waals surface area contributed by atoms with Crippen molar-refractivity contribution in [2.24, 2.45) is 0 Å². The predicted molar refractivity (Wildman–Crippen MR) is 69.5 cm³/mol. The molecule has 5 nitrogen and oxygen atoms in total. The summed E-state index contributed by atoms with van der Waals surface area (Å²) in [5.74, 6) is -2.33. The second kappa shape index (κ2) is 6.40. The lowest BCUT2D eigenvalue weighted by Crippen LogP contribution is -2.29. The van der Waals surface area contributed by atoms with Crippen LogP contribution in [0.4, 0.5) is 14.5 Å². The fraction of sp³-hybridized carbons (Fsp3) is 0.400. The first-order valence-electron chi connectivity index (χ1n) is 5.37. The molecule has 0 bridgehead atoms. The van der Waals surface area contributed by atoms with Gasteiger partial charge < -0.3 is 5.73 Å². The van der Waals surface area contributed by atoms with Crippen LogP contribution in [0.5, 0.6) is 0 Å². The van der Waals surface area contributed by atoms with Crippen molar-refractivity contribution >= 4 is 26.5 Å². The zero-order chi connectivity index (χ0) is 14.6. The van der Waals surface area contributed by atoms with Gasteiger partial charge in [-0.3, -0.25) is 4.21 Å². The third-order valence-corrected chi connectivity index (χ3v) is 5.01. The van der Waals surface area contributed by atoms with Gasteiger partial charge in [0.15, 0.2) is 11.6 Å². The average Bonchev–Trinajstić information content (AvgIpc) is 2.33. The van der Waals surface area contributed by atoms with Gasteiger partial charge in [-0.25, -0.2) is 21.9 Å². The molecule has 19 heavy (non-hydrogen) atoms. The minimum Gasteiger partial charge on any atom is -0.399 e. The topological polar surface area (TPSA) is 89.3 Å². The molecule has 0 spiro atoms. The summed E-state index contributed by atoms with van der Waals surface area (Å²) in [4.78, 5) is -0.854. The van der Waals surface area contributed by atoms with Crippen LogP contribution in [0.1, 0.15) is 6.92 Å². The summed E-state index contributed by atoms with van der Waals surface area (Å²) < 4.78 is 63.2. The Morgan fingerprint density at radius 1 is 1.37 bits per heavy atom. The third-order valence-electron chi connectivity index (χ3n) is 2.25. The normalized spacial score (nSPS) is 13.4. The summed E-state index contributed by atoms with van der Waals surface area (Å²) in [7, 11) is -5.37. The number of hydrogen-bond acceptors (Lipinski definition) is 4. The maximum atomic E-state index is 13.4. The van der Waals surface area contributed by atoms with E-state index >= 15 is 0 Å². The second-order valence-electron chi connectivity index (χ2n) is 3.65. The van der Waals surface area contributed by atoms with Crippen LogP contribution < -0.4 is 10.5 Å². The van der Waals surface area contributed by atoms with E-state index in [1.807, 2.05) is 0 Å². The van der Waals surface area contributed by atoms with Crippen molar-refractivity contribution in [1.29, 1.82) is 0 Å². The summed E-state index contributed by atoms with van der Waals surface area (Å²) in [5.41, 5.74) is 5.08. The van der Waals surface area contributed by atoms with Gasteiger partial charge in [-0.1, -0.05) is 6.92 Å². The minimum absolute atomic E-state index is 0.0994. The van der Waals surface area contributed by atoms with Crippen molar-refractivity contribution in [2.75, 3.05) is 23.8 Å². The first-order chi connectivity index (χ1) is 8.77. The van der Waals surface area contributed by atoms with Gasteiger partial charge in [-0.2, -0.15) is 0 Å². The molecule has 3 N–H and O–H groups in total. The lowest BCUT2D eigenvalue weighted by atomic mass is 10.3. The van der Waals surface area contributed by atoms with Crippen LogP contribution >= 0.6 is 0 Å². The molecule has 1 rings (SSSR count). The highest BCUT2D eigenvalue weighted by Gasteiger charge is 2.22. The molecule has 0 aliphatic heterocycles. The second-order valence-corrected chi connectivity index (χ2v) is 7.25. The van der Waals surface area contributed by atoms with Crippen LogP contribution in [0.25, 0.3) is 0 Å². The van der Waals surface area contributed by atoms with Crippen molar-refractivity contribution in [3.05, 3.63) is 23.8 Å². The summed E-state index contributed by atoms with van der Waals surface area (Å²) in [6.07, 6.45) is 0. The van der Waals surface area contributed by atoms with E-state index in [1.165, 1.54) is 0 Å². The number of halogens is 2. The highest BCUT2D eigenvalue weighted by atomic mass is 32.2. The van der Waals surface area contributed by atoms with E-state index in [4.69, 9.17) is 5.73 Å². The number of sulfonamides is 1. The molecule has 0 aliphatic carbocycles. The molecular formula is C10H14F2N2O3S2. The molecule has 1 aromatic rings. The van der Waals surface area contributed by atoms with Crippen molar-refractivity contribution < 1.29 is 21.4 Å². The van der Waals surface area contributed by atoms with E-state index in [0.29, 0.717) is 11.8 Å². The SMILES string of the molecule is CCS(=O)CCNS(=O)(=O)c1cc(N)cc(F)c1F. The van der Waals surface area contributed by atoms with E-state index in [-0.39, 0.29) is 18.0 Å². The molecule has 0 aromatic heterocycles. The lowest BCUT2D eigenvalue weighted by Gasteiger charge is -2.08. The molecule has 1 aromatic carbocycles. The molecular weight excluding hydrogens is 298 g/mol. The van der Waals surface area contributed by atoms with Gasteiger partial charge in [-0.05, 0) is 12.1 Å². The summed E-state index contributed by atoms with van der Waals surface area (Å²) >= 11 is 0. The molecule has 0 saturated carbocycles. The highest BCUT2D eigenvalue weighted by molar-refractivity contribution is 7.89. The molecule has 0 amide bonds. The van der Waals surface area contributed by atoms with Gasteiger partial charge >= 0.3 is 0 Å².